The maximum absolute atomic E-state index is 12.8. The molecule has 1 aliphatic heterocycles. The minimum absolute atomic E-state index is 0.0257. The highest BCUT2D eigenvalue weighted by molar-refractivity contribution is 5.94. The average molecular weight is 382 g/mol. The maximum atomic E-state index is 12.8. The topological polar surface area (TPSA) is 67.9 Å². The van der Waals surface area contributed by atoms with Crippen LogP contribution in [0.5, 0.6) is 5.75 Å². The van der Waals surface area contributed by atoms with Crippen molar-refractivity contribution in [2.24, 2.45) is 11.8 Å². The molecule has 1 aliphatic carbocycles. The van der Waals surface area contributed by atoms with Crippen LogP contribution in [0.15, 0.2) is 24.3 Å². The lowest BCUT2D eigenvalue weighted by molar-refractivity contribution is -0.121. The molecule has 6 nitrogen and oxygen atoms in total. The lowest BCUT2D eigenvalue weighted by atomic mass is 9.77. The summed E-state index contributed by atoms with van der Waals surface area (Å²) in [6.45, 7) is -0.153. The van der Waals surface area contributed by atoms with Gasteiger partial charge in [-0.15, -0.1) is 0 Å². The third-order valence-corrected chi connectivity index (χ3v) is 5.42. The van der Waals surface area contributed by atoms with Crippen LogP contribution >= 0.6 is 0 Å². The monoisotopic (exact) mass is 382 g/mol. The van der Waals surface area contributed by atoms with E-state index < -0.39 is 6.61 Å². The van der Waals surface area contributed by atoms with Crippen LogP contribution in [0.4, 0.5) is 8.78 Å². The number of benzene rings is 1. The maximum Gasteiger partial charge on any atom is 0.387 e. The summed E-state index contributed by atoms with van der Waals surface area (Å²) in [6.07, 6.45) is 1.50. The van der Waals surface area contributed by atoms with E-state index in [1.54, 1.807) is 12.0 Å². The van der Waals surface area contributed by atoms with E-state index in [2.05, 4.69) is 10.1 Å². The first-order valence-electron chi connectivity index (χ1n) is 9.01. The van der Waals surface area contributed by atoms with Crippen molar-refractivity contribution in [1.82, 2.24) is 10.2 Å². The number of carbonyl (C=O) groups excluding carboxylic acids is 2. The van der Waals surface area contributed by atoms with Crippen molar-refractivity contribution in [1.29, 1.82) is 0 Å². The van der Waals surface area contributed by atoms with Crippen molar-refractivity contribution in [3.05, 3.63) is 29.8 Å². The van der Waals surface area contributed by atoms with Gasteiger partial charge in [0.2, 0.25) is 5.91 Å². The molecule has 1 aromatic carbocycles. The zero-order chi connectivity index (χ0) is 19.6. The van der Waals surface area contributed by atoms with Gasteiger partial charge in [-0.05, 0) is 48.9 Å². The standard InChI is InChI=1S/C19H24F2N2O4/c1-11(24)22-16-7-13-9-23(10-14(13)8-17(16)26-2)18(25)12-3-5-15(6-4-12)27-19(20)21/h3-6,13-14,16-17,19H,7-10H2,1-2H3,(H,22,24)/t13-,14+,16-,17-/m1/s1. The summed E-state index contributed by atoms with van der Waals surface area (Å²) >= 11 is 0. The van der Waals surface area contributed by atoms with Crippen LogP contribution in [0.25, 0.3) is 0 Å². The van der Waals surface area contributed by atoms with Gasteiger partial charge in [0.15, 0.2) is 0 Å². The first-order valence-corrected chi connectivity index (χ1v) is 9.01. The molecule has 148 valence electrons. The van der Waals surface area contributed by atoms with Gasteiger partial charge >= 0.3 is 6.61 Å². The summed E-state index contributed by atoms with van der Waals surface area (Å²) in [7, 11) is 1.64. The Kier molecular flexibility index (Phi) is 5.94. The number of alkyl halides is 2. The van der Waals surface area contributed by atoms with E-state index in [0.29, 0.717) is 30.5 Å². The number of fused-ring (bicyclic) bond motifs is 1. The molecular weight excluding hydrogens is 358 g/mol. The Bertz CT molecular complexity index is 683. The number of hydrogen-bond acceptors (Lipinski definition) is 4. The number of nitrogens with zero attached hydrogens (tertiary/aromatic N) is 1. The summed E-state index contributed by atoms with van der Waals surface area (Å²) in [5, 5.41) is 2.95. The number of likely N-dealkylation sites (tertiary alicyclic amines) is 1. The highest BCUT2D eigenvalue weighted by Gasteiger charge is 2.44. The van der Waals surface area contributed by atoms with Crippen molar-refractivity contribution in [2.45, 2.75) is 38.5 Å². The zero-order valence-corrected chi connectivity index (χ0v) is 15.4. The Morgan fingerprint density at radius 1 is 1.15 bits per heavy atom. The fraction of sp³-hybridized carbons (Fsp3) is 0.579. The van der Waals surface area contributed by atoms with E-state index in [-0.39, 0.29) is 29.7 Å². The molecule has 0 bridgehead atoms. The van der Waals surface area contributed by atoms with Gasteiger partial charge in [-0.1, -0.05) is 0 Å². The van der Waals surface area contributed by atoms with Crippen LogP contribution in [0, 0.1) is 11.8 Å². The minimum atomic E-state index is -2.89. The fourth-order valence-electron chi connectivity index (χ4n) is 4.21. The van der Waals surface area contributed by atoms with E-state index in [9.17, 15) is 18.4 Å². The smallest absolute Gasteiger partial charge is 0.387 e. The molecule has 1 saturated carbocycles. The number of rotatable bonds is 5. The molecule has 8 heteroatoms. The number of carbonyl (C=O) groups is 2. The van der Waals surface area contributed by atoms with E-state index in [1.807, 2.05) is 0 Å². The summed E-state index contributed by atoms with van der Waals surface area (Å²) in [4.78, 5) is 26.0. The van der Waals surface area contributed by atoms with Crippen molar-refractivity contribution in [3.63, 3.8) is 0 Å². The average Bonchev–Trinajstić information content (AvgIpc) is 3.03. The zero-order valence-electron chi connectivity index (χ0n) is 15.4. The van der Waals surface area contributed by atoms with Crippen LogP contribution in [-0.4, -0.2) is 55.7 Å². The van der Waals surface area contributed by atoms with Gasteiger partial charge in [-0.3, -0.25) is 9.59 Å². The highest BCUT2D eigenvalue weighted by Crippen LogP contribution is 2.38. The van der Waals surface area contributed by atoms with E-state index in [1.165, 1.54) is 31.2 Å². The second-order valence-electron chi connectivity index (χ2n) is 7.19. The lowest BCUT2D eigenvalue weighted by Crippen LogP contribution is -2.49. The Morgan fingerprint density at radius 2 is 1.78 bits per heavy atom. The number of hydrogen-bond donors (Lipinski definition) is 1. The fourth-order valence-corrected chi connectivity index (χ4v) is 4.21. The Morgan fingerprint density at radius 3 is 2.33 bits per heavy atom. The van der Waals surface area contributed by atoms with Crippen LogP contribution < -0.4 is 10.1 Å². The molecule has 4 atom stereocenters. The van der Waals surface area contributed by atoms with Crippen LogP contribution in [-0.2, 0) is 9.53 Å². The van der Waals surface area contributed by atoms with Gasteiger partial charge in [0, 0.05) is 32.7 Å². The molecule has 0 radical (unpaired) electrons. The minimum Gasteiger partial charge on any atom is -0.435 e. The Balaban J connectivity index is 1.64. The molecule has 2 aliphatic rings. The lowest BCUT2D eigenvalue weighted by Gasteiger charge is -2.37. The normalized spacial score (nSPS) is 27.4. The molecule has 0 aromatic heterocycles. The molecule has 2 fully saturated rings. The molecule has 1 aromatic rings. The number of ether oxygens (including phenoxy) is 2. The largest absolute Gasteiger partial charge is 0.435 e. The van der Waals surface area contributed by atoms with Gasteiger partial charge in [0.25, 0.3) is 5.91 Å². The number of amides is 2. The van der Waals surface area contributed by atoms with Crippen molar-refractivity contribution >= 4 is 11.8 Å². The summed E-state index contributed by atoms with van der Waals surface area (Å²) < 4.78 is 34.3. The Labute approximate surface area is 156 Å². The van der Waals surface area contributed by atoms with Gasteiger partial charge in [0.1, 0.15) is 5.75 Å². The molecule has 3 rings (SSSR count). The number of halogens is 2. The second-order valence-corrected chi connectivity index (χ2v) is 7.19. The van der Waals surface area contributed by atoms with Gasteiger partial charge < -0.3 is 19.7 Å². The Hall–Kier alpha value is -2.22. The molecule has 1 heterocycles. The quantitative estimate of drug-likeness (QED) is 0.849. The third kappa shape index (κ3) is 4.55. The van der Waals surface area contributed by atoms with Gasteiger partial charge in [0.05, 0.1) is 12.1 Å². The predicted octanol–water partition coefficient (Wildman–Crippen LogP) is 2.29. The molecular formula is C19H24F2N2O4. The SMILES string of the molecule is CO[C@@H]1C[C@H]2CN(C(=O)c3ccc(OC(F)F)cc3)C[C@H]2C[C@H]1NC(C)=O. The van der Waals surface area contributed by atoms with Gasteiger partial charge in [-0.25, -0.2) is 0 Å². The molecule has 0 unspecified atom stereocenters. The summed E-state index contributed by atoms with van der Waals surface area (Å²) in [5.41, 5.74) is 0.442. The first kappa shape index (κ1) is 19.5. The van der Waals surface area contributed by atoms with E-state index >= 15 is 0 Å². The second kappa shape index (κ2) is 8.21. The molecule has 0 spiro atoms. The number of methoxy groups -OCH3 is 1. The molecule has 1 saturated heterocycles. The molecule has 1 N–H and O–H groups in total. The van der Waals surface area contributed by atoms with Crippen LogP contribution in [0.2, 0.25) is 0 Å². The van der Waals surface area contributed by atoms with Gasteiger partial charge in [-0.2, -0.15) is 8.78 Å². The summed E-state index contributed by atoms with van der Waals surface area (Å²) in [6, 6.07) is 5.70. The van der Waals surface area contributed by atoms with Crippen molar-refractivity contribution < 1.29 is 27.8 Å². The van der Waals surface area contributed by atoms with E-state index in [4.69, 9.17) is 4.74 Å². The third-order valence-electron chi connectivity index (χ3n) is 5.42. The van der Waals surface area contributed by atoms with Crippen LogP contribution in [0.1, 0.15) is 30.1 Å². The van der Waals surface area contributed by atoms with Crippen molar-refractivity contribution in [3.8, 4) is 5.75 Å². The van der Waals surface area contributed by atoms with Crippen molar-refractivity contribution in [2.75, 3.05) is 20.2 Å². The van der Waals surface area contributed by atoms with Crippen LogP contribution in [0.3, 0.4) is 0 Å². The molecule has 27 heavy (non-hydrogen) atoms. The highest BCUT2D eigenvalue weighted by atomic mass is 19.3. The summed E-state index contributed by atoms with van der Waals surface area (Å²) in [5.74, 6) is 0.442. The number of nitrogens with one attached hydrogen (secondary N) is 1. The predicted molar refractivity (Wildman–Crippen MR) is 93.6 cm³/mol. The first-order chi connectivity index (χ1) is 12.9. The molecule has 2 amide bonds. The van der Waals surface area contributed by atoms with E-state index in [0.717, 1.165) is 12.8 Å².